The SMILES string of the molecule is O=C(CO)N1CCC[C@H](CCc2ccnc(Nc3ccccn3)c2)C1. The van der Waals surface area contributed by atoms with Crippen LogP contribution in [0, 0.1) is 5.92 Å². The third kappa shape index (κ3) is 5.00. The van der Waals surface area contributed by atoms with Gasteiger partial charge in [-0.05, 0) is 61.4 Å². The number of amides is 1. The number of aliphatic hydroxyl groups is 1. The summed E-state index contributed by atoms with van der Waals surface area (Å²) in [7, 11) is 0. The summed E-state index contributed by atoms with van der Waals surface area (Å²) in [4.78, 5) is 22.0. The molecule has 132 valence electrons. The molecule has 25 heavy (non-hydrogen) atoms. The fourth-order valence-corrected chi connectivity index (χ4v) is 3.26. The van der Waals surface area contributed by atoms with Crippen LogP contribution in [0.5, 0.6) is 0 Å². The first-order valence-corrected chi connectivity index (χ1v) is 8.76. The number of hydrogen-bond donors (Lipinski definition) is 2. The van der Waals surface area contributed by atoms with E-state index < -0.39 is 0 Å². The van der Waals surface area contributed by atoms with Gasteiger partial charge in [0.2, 0.25) is 5.91 Å². The smallest absolute Gasteiger partial charge is 0.248 e. The molecule has 0 bridgehead atoms. The van der Waals surface area contributed by atoms with Crippen LogP contribution in [0.3, 0.4) is 0 Å². The molecule has 1 amide bonds. The van der Waals surface area contributed by atoms with Gasteiger partial charge in [-0.15, -0.1) is 0 Å². The average Bonchev–Trinajstić information content (AvgIpc) is 2.67. The first-order valence-electron chi connectivity index (χ1n) is 8.76. The zero-order valence-corrected chi connectivity index (χ0v) is 14.3. The number of nitrogens with one attached hydrogen (secondary N) is 1. The summed E-state index contributed by atoms with van der Waals surface area (Å²) in [6.07, 6.45) is 7.68. The third-order valence-electron chi connectivity index (χ3n) is 4.59. The average molecular weight is 340 g/mol. The number of hydrogen-bond acceptors (Lipinski definition) is 5. The van der Waals surface area contributed by atoms with Gasteiger partial charge < -0.3 is 15.3 Å². The maximum atomic E-state index is 11.7. The number of nitrogens with zero attached hydrogens (tertiary/aromatic N) is 3. The third-order valence-corrected chi connectivity index (χ3v) is 4.59. The van der Waals surface area contributed by atoms with Crippen molar-refractivity contribution in [3.05, 3.63) is 48.3 Å². The molecule has 6 heteroatoms. The number of aryl methyl sites for hydroxylation is 1. The van der Waals surface area contributed by atoms with E-state index in [-0.39, 0.29) is 12.5 Å². The van der Waals surface area contributed by atoms with Crippen molar-refractivity contribution in [1.29, 1.82) is 0 Å². The summed E-state index contributed by atoms with van der Waals surface area (Å²) in [6.45, 7) is 1.13. The molecule has 0 aromatic carbocycles. The largest absolute Gasteiger partial charge is 0.387 e. The molecule has 0 spiro atoms. The zero-order valence-electron chi connectivity index (χ0n) is 14.3. The number of piperidine rings is 1. The topological polar surface area (TPSA) is 78.3 Å². The van der Waals surface area contributed by atoms with Crippen LogP contribution in [-0.4, -0.2) is 45.6 Å². The minimum absolute atomic E-state index is 0.157. The molecule has 1 aliphatic heterocycles. The van der Waals surface area contributed by atoms with E-state index in [1.807, 2.05) is 36.5 Å². The number of rotatable bonds is 6. The molecule has 2 N–H and O–H groups in total. The van der Waals surface area contributed by atoms with Gasteiger partial charge in [-0.25, -0.2) is 9.97 Å². The van der Waals surface area contributed by atoms with Gasteiger partial charge in [0.15, 0.2) is 0 Å². The molecule has 2 aromatic rings. The van der Waals surface area contributed by atoms with Crippen LogP contribution in [0.1, 0.15) is 24.8 Å². The van der Waals surface area contributed by atoms with Gasteiger partial charge in [-0.2, -0.15) is 0 Å². The zero-order chi connectivity index (χ0) is 17.5. The predicted octanol–water partition coefficient (Wildman–Crippen LogP) is 2.38. The Kier molecular flexibility index (Phi) is 5.95. The van der Waals surface area contributed by atoms with Crippen molar-refractivity contribution >= 4 is 17.5 Å². The first-order chi connectivity index (χ1) is 12.2. The Bertz CT molecular complexity index is 693. The van der Waals surface area contributed by atoms with Crippen molar-refractivity contribution < 1.29 is 9.90 Å². The Labute approximate surface area is 147 Å². The number of aromatic nitrogens is 2. The maximum absolute atomic E-state index is 11.7. The van der Waals surface area contributed by atoms with E-state index in [0.717, 1.165) is 50.4 Å². The van der Waals surface area contributed by atoms with Crippen molar-refractivity contribution in [3.63, 3.8) is 0 Å². The van der Waals surface area contributed by atoms with Crippen molar-refractivity contribution in [1.82, 2.24) is 14.9 Å². The molecule has 1 fully saturated rings. The van der Waals surface area contributed by atoms with Gasteiger partial charge in [-0.1, -0.05) is 6.07 Å². The van der Waals surface area contributed by atoms with Gasteiger partial charge in [0.1, 0.15) is 18.2 Å². The lowest BCUT2D eigenvalue weighted by molar-refractivity contribution is -0.136. The van der Waals surface area contributed by atoms with Crippen molar-refractivity contribution in [3.8, 4) is 0 Å². The van der Waals surface area contributed by atoms with Gasteiger partial charge in [0, 0.05) is 25.5 Å². The lowest BCUT2D eigenvalue weighted by Gasteiger charge is -2.32. The molecule has 2 aromatic heterocycles. The van der Waals surface area contributed by atoms with E-state index in [1.165, 1.54) is 5.56 Å². The normalized spacial score (nSPS) is 17.3. The van der Waals surface area contributed by atoms with Gasteiger partial charge in [0.25, 0.3) is 0 Å². The second-order valence-corrected chi connectivity index (χ2v) is 6.43. The highest BCUT2D eigenvalue weighted by molar-refractivity contribution is 5.77. The number of pyridine rings is 2. The predicted molar refractivity (Wildman–Crippen MR) is 96.5 cm³/mol. The van der Waals surface area contributed by atoms with Crippen LogP contribution in [0.25, 0.3) is 0 Å². The van der Waals surface area contributed by atoms with Crippen LogP contribution < -0.4 is 5.32 Å². The van der Waals surface area contributed by atoms with E-state index in [0.29, 0.717) is 5.92 Å². The molecule has 3 heterocycles. The second kappa shape index (κ2) is 8.58. The van der Waals surface area contributed by atoms with Crippen LogP contribution in [0.4, 0.5) is 11.6 Å². The molecule has 1 aliphatic rings. The fourth-order valence-electron chi connectivity index (χ4n) is 3.26. The molecule has 0 unspecified atom stereocenters. The Balaban J connectivity index is 1.54. The standard InChI is InChI=1S/C19H24N4O2/c24-14-19(25)23-11-3-4-16(13-23)7-6-15-8-10-21-18(12-15)22-17-5-1-2-9-20-17/h1-2,5,8-10,12,16,24H,3-4,6-7,11,13-14H2,(H,20,21,22)/t16-/m1/s1. The summed E-state index contributed by atoms with van der Waals surface area (Å²) in [5, 5.41) is 12.2. The molecule has 1 saturated heterocycles. The maximum Gasteiger partial charge on any atom is 0.248 e. The molecule has 0 radical (unpaired) electrons. The summed E-state index contributed by atoms with van der Waals surface area (Å²) in [6, 6.07) is 9.80. The van der Waals surface area contributed by atoms with Crippen molar-refractivity contribution in [2.45, 2.75) is 25.7 Å². The quantitative estimate of drug-likeness (QED) is 0.844. The minimum atomic E-state index is -0.389. The van der Waals surface area contributed by atoms with E-state index in [9.17, 15) is 4.79 Å². The van der Waals surface area contributed by atoms with Crippen molar-refractivity contribution in [2.75, 3.05) is 25.0 Å². The molecular weight excluding hydrogens is 316 g/mol. The number of carbonyl (C=O) groups is 1. The highest BCUT2D eigenvalue weighted by Gasteiger charge is 2.22. The summed E-state index contributed by atoms with van der Waals surface area (Å²) < 4.78 is 0. The summed E-state index contributed by atoms with van der Waals surface area (Å²) in [5.74, 6) is 1.90. The Hall–Kier alpha value is -2.47. The summed E-state index contributed by atoms with van der Waals surface area (Å²) in [5.41, 5.74) is 1.22. The Morgan fingerprint density at radius 1 is 1.24 bits per heavy atom. The molecule has 6 nitrogen and oxygen atoms in total. The Morgan fingerprint density at radius 3 is 2.92 bits per heavy atom. The monoisotopic (exact) mass is 340 g/mol. The molecule has 1 atom stereocenters. The first kappa shape index (κ1) is 17.4. The van der Waals surface area contributed by atoms with E-state index in [4.69, 9.17) is 5.11 Å². The highest BCUT2D eigenvalue weighted by atomic mass is 16.3. The second-order valence-electron chi connectivity index (χ2n) is 6.43. The minimum Gasteiger partial charge on any atom is -0.387 e. The van der Waals surface area contributed by atoms with E-state index >= 15 is 0 Å². The van der Waals surface area contributed by atoms with Crippen LogP contribution in [0.15, 0.2) is 42.7 Å². The lowest BCUT2D eigenvalue weighted by Crippen LogP contribution is -2.41. The summed E-state index contributed by atoms with van der Waals surface area (Å²) >= 11 is 0. The molecule has 0 saturated carbocycles. The number of likely N-dealkylation sites (tertiary alicyclic amines) is 1. The van der Waals surface area contributed by atoms with Crippen LogP contribution in [0.2, 0.25) is 0 Å². The van der Waals surface area contributed by atoms with E-state index in [2.05, 4.69) is 15.3 Å². The fraction of sp³-hybridized carbons (Fsp3) is 0.421. The molecular formula is C19H24N4O2. The number of aliphatic hydroxyl groups excluding tert-OH is 1. The molecule has 3 rings (SSSR count). The van der Waals surface area contributed by atoms with Crippen molar-refractivity contribution in [2.24, 2.45) is 5.92 Å². The van der Waals surface area contributed by atoms with E-state index in [1.54, 1.807) is 11.1 Å². The highest BCUT2D eigenvalue weighted by Crippen LogP contribution is 2.22. The Morgan fingerprint density at radius 2 is 2.12 bits per heavy atom. The van der Waals surface area contributed by atoms with Gasteiger partial charge in [-0.3, -0.25) is 4.79 Å². The number of anilines is 2. The van der Waals surface area contributed by atoms with Gasteiger partial charge >= 0.3 is 0 Å². The molecule has 0 aliphatic carbocycles. The van der Waals surface area contributed by atoms with Crippen LogP contribution >= 0.6 is 0 Å². The van der Waals surface area contributed by atoms with Gasteiger partial charge in [0.05, 0.1) is 0 Å². The van der Waals surface area contributed by atoms with Crippen LogP contribution in [-0.2, 0) is 11.2 Å². The lowest BCUT2D eigenvalue weighted by atomic mass is 9.92. The number of carbonyl (C=O) groups excluding carboxylic acids is 1.